The number of aryl methyl sites for hydroxylation is 2. The SMILES string of the molecule is O=C(CNC1CC1)Cc1ccc2c(c1)CCC2. The van der Waals surface area contributed by atoms with E-state index in [2.05, 4.69) is 23.5 Å². The van der Waals surface area contributed by atoms with Crippen LogP contribution in [-0.2, 0) is 24.1 Å². The van der Waals surface area contributed by atoms with Crippen LogP contribution >= 0.6 is 0 Å². The van der Waals surface area contributed by atoms with E-state index in [0.717, 1.165) is 0 Å². The van der Waals surface area contributed by atoms with Crippen LogP contribution in [0.2, 0.25) is 0 Å². The first-order chi connectivity index (χ1) is 8.31. The number of carbonyl (C=O) groups excluding carboxylic acids is 1. The second kappa shape index (κ2) is 4.61. The number of hydrogen-bond acceptors (Lipinski definition) is 2. The Morgan fingerprint density at radius 1 is 1.24 bits per heavy atom. The van der Waals surface area contributed by atoms with E-state index in [1.54, 1.807) is 0 Å². The van der Waals surface area contributed by atoms with E-state index in [-0.39, 0.29) is 0 Å². The maximum atomic E-state index is 11.8. The Balaban J connectivity index is 1.58. The first kappa shape index (κ1) is 11.0. The molecule has 1 aromatic carbocycles. The largest absolute Gasteiger partial charge is 0.307 e. The molecule has 0 bridgehead atoms. The van der Waals surface area contributed by atoms with Gasteiger partial charge in [-0.15, -0.1) is 0 Å². The fourth-order valence-electron chi connectivity index (χ4n) is 2.57. The molecule has 0 heterocycles. The third-order valence-corrected chi connectivity index (χ3v) is 3.73. The van der Waals surface area contributed by atoms with Crippen LogP contribution in [0.3, 0.4) is 0 Å². The standard InChI is InChI=1S/C15H19NO/c17-15(10-16-14-6-7-14)9-11-4-5-12-2-1-3-13(12)8-11/h4-5,8,14,16H,1-3,6-7,9-10H2. The zero-order valence-electron chi connectivity index (χ0n) is 10.2. The lowest BCUT2D eigenvalue weighted by atomic mass is 10.0. The summed E-state index contributed by atoms with van der Waals surface area (Å²) in [7, 11) is 0. The molecule has 0 atom stereocenters. The van der Waals surface area contributed by atoms with E-state index >= 15 is 0 Å². The normalized spacial score (nSPS) is 18.1. The van der Waals surface area contributed by atoms with Crippen molar-refractivity contribution in [3.8, 4) is 0 Å². The van der Waals surface area contributed by atoms with Gasteiger partial charge in [0.05, 0.1) is 6.54 Å². The van der Waals surface area contributed by atoms with Gasteiger partial charge >= 0.3 is 0 Å². The third kappa shape index (κ3) is 2.75. The van der Waals surface area contributed by atoms with Crippen molar-refractivity contribution in [1.29, 1.82) is 0 Å². The molecule has 2 heteroatoms. The zero-order chi connectivity index (χ0) is 11.7. The molecule has 17 heavy (non-hydrogen) atoms. The Kier molecular flexibility index (Phi) is 2.98. The number of rotatable bonds is 5. The van der Waals surface area contributed by atoms with Crippen molar-refractivity contribution in [3.63, 3.8) is 0 Å². The Morgan fingerprint density at radius 3 is 2.88 bits per heavy atom. The summed E-state index contributed by atoms with van der Waals surface area (Å²) >= 11 is 0. The highest BCUT2D eigenvalue weighted by atomic mass is 16.1. The summed E-state index contributed by atoms with van der Waals surface area (Å²) in [5.41, 5.74) is 4.14. The first-order valence-electron chi connectivity index (χ1n) is 6.67. The van der Waals surface area contributed by atoms with E-state index in [9.17, 15) is 4.79 Å². The van der Waals surface area contributed by atoms with Gasteiger partial charge in [-0.1, -0.05) is 18.2 Å². The lowest BCUT2D eigenvalue weighted by molar-refractivity contribution is -0.117. The predicted molar refractivity (Wildman–Crippen MR) is 68.2 cm³/mol. The van der Waals surface area contributed by atoms with E-state index < -0.39 is 0 Å². The summed E-state index contributed by atoms with van der Waals surface area (Å²) in [6.45, 7) is 0.543. The second-order valence-corrected chi connectivity index (χ2v) is 5.33. The topological polar surface area (TPSA) is 29.1 Å². The van der Waals surface area contributed by atoms with E-state index in [0.29, 0.717) is 24.8 Å². The third-order valence-electron chi connectivity index (χ3n) is 3.73. The van der Waals surface area contributed by atoms with E-state index in [1.165, 1.54) is 48.8 Å². The molecule has 1 aromatic rings. The highest BCUT2D eigenvalue weighted by molar-refractivity contribution is 5.82. The summed E-state index contributed by atoms with van der Waals surface area (Å²) in [5.74, 6) is 0.315. The first-order valence-corrected chi connectivity index (χ1v) is 6.67. The van der Waals surface area contributed by atoms with Gasteiger partial charge in [0.1, 0.15) is 0 Å². The number of Topliss-reactive ketones (excluding diaryl/α,β-unsaturated/α-hetero) is 1. The number of fused-ring (bicyclic) bond motifs is 1. The molecule has 1 N–H and O–H groups in total. The molecule has 2 nitrogen and oxygen atoms in total. The Hall–Kier alpha value is -1.15. The molecule has 3 rings (SSSR count). The molecule has 0 unspecified atom stereocenters. The fraction of sp³-hybridized carbons (Fsp3) is 0.533. The van der Waals surface area contributed by atoms with Crippen molar-refractivity contribution in [2.75, 3.05) is 6.54 Å². The number of nitrogens with one attached hydrogen (secondary N) is 1. The summed E-state index contributed by atoms with van der Waals surface area (Å²) in [6, 6.07) is 7.19. The second-order valence-electron chi connectivity index (χ2n) is 5.33. The van der Waals surface area contributed by atoms with Crippen molar-refractivity contribution < 1.29 is 4.79 Å². The molecule has 0 spiro atoms. The highest BCUT2D eigenvalue weighted by Crippen LogP contribution is 2.23. The van der Waals surface area contributed by atoms with Gasteiger partial charge in [-0.25, -0.2) is 0 Å². The number of hydrogen-bond donors (Lipinski definition) is 1. The van der Waals surface area contributed by atoms with Gasteiger partial charge in [-0.05, 0) is 48.8 Å². The Bertz CT molecular complexity index is 435. The molecule has 0 aliphatic heterocycles. The molecule has 0 radical (unpaired) electrons. The molecule has 90 valence electrons. The zero-order valence-corrected chi connectivity index (χ0v) is 10.2. The molecular weight excluding hydrogens is 210 g/mol. The Labute approximate surface area is 102 Å². The van der Waals surface area contributed by atoms with Gasteiger partial charge in [0.15, 0.2) is 5.78 Å². The van der Waals surface area contributed by atoms with Gasteiger partial charge in [0, 0.05) is 12.5 Å². The number of ketones is 1. The molecule has 0 amide bonds. The van der Waals surface area contributed by atoms with Crippen LogP contribution in [0, 0.1) is 0 Å². The van der Waals surface area contributed by atoms with Crippen LogP contribution in [0.5, 0.6) is 0 Å². The van der Waals surface area contributed by atoms with Gasteiger partial charge in [0.25, 0.3) is 0 Å². The maximum absolute atomic E-state index is 11.8. The monoisotopic (exact) mass is 229 g/mol. The van der Waals surface area contributed by atoms with Crippen LogP contribution in [0.4, 0.5) is 0 Å². The van der Waals surface area contributed by atoms with Crippen molar-refractivity contribution in [2.45, 2.75) is 44.6 Å². The van der Waals surface area contributed by atoms with Crippen LogP contribution in [0.1, 0.15) is 36.0 Å². The number of benzene rings is 1. The van der Waals surface area contributed by atoms with Crippen LogP contribution in [0.25, 0.3) is 0 Å². The summed E-state index contributed by atoms with van der Waals surface area (Å²) < 4.78 is 0. The van der Waals surface area contributed by atoms with E-state index in [4.69, 9.17) is 0 Å². The van der Waals surface area contributed by atoms with Crippen LogP contribution < -0.4 is 5.32 Å². The quantitative estimate of drug-likeness (QED) is 0.837. The average Bonchev–Trinajstić information content (AvgIpc) is 3.04. The van der Waals surface area contributed by atoms with Crippen LogP contribution in [-0.4, -0.2) is 18.4 Å². The molecule has 0 aromatic heterocycles. The molecule has 2 aliphatic carbocycles. The fourth-order valence-corrected chi connectivity index (χ4v) is 2.57. The minimum absolute atomic E-state index is 0.315. The minimum Gasteiger partial charge on any atom is -0.307 e. The lowest BCUT2D eigenvalue weighted by Gasteiger charge is -2.05. The smallest absolute Gasteiger partial charge is 0.150 e. The van der Waals surface area contributed by atoms with Gasteiger partial charge < -0.3 is 5.32 Å². The number of carbonyl (C=O) groups is 1. The average molecular weight is 229 g/mol. The summed E-state index contributed by atoms with van der Waals surface area (Å²) in [6.07, 6.45) is 6.76. The maximum Gasteiger partial charge on any atom is 0.150 e. The minimum atomic E-state index is 0.315. The van der Waals surface area contributed by atoms with Gasteiger partial charge in [0.2, 0.25) is 0 Å². The van der Waals surface area contributed by atoms with Crippen molar-refractivity contribution in [1.82, 2.24) is 5.32 Å². The summed E-state index contributed by atoms with van der Waals surface area (Å²) in [4.78, 5) is 11.8. The van der Waals surface area contributed by atoms with Gasteiger partial charge in [-0.2, -0.15) is 0 Å². The molecule has 1 saturated carbocycles. The van der Waals surface area contributed by atoms with Crippen molar-refractivity contribution >= 4 is 5.78 Å². The van der Waals surface area contributed by atoms with Crippen molar-refractivity contribution in [2.24, 2.45) is 0 Å². The Morgan fingerprint density at radius 2 is 2.06 bits per heavy atom. The molecule has 0 saturated heterocycles. The van der Waals surface area contributed by atoms with E-state index in [1.807, 2.05) is 0 Å². The molecular formula is C15H19NO. The molecule has 1 fully saturated rings. The molecule has 2 aliphatic rings. The summed E-state index contributed by atoms with van der Waals surface area (Å²) in [5, 5.41) is 3.28. The highest BCUT2D eigenvalue weighted by Gasteiger charge is 2.21. The van der Waals surface area contributed by atoms with Crippen LogP contribution in [0.15, 0.2) is 18.2 Å². The van der Waals surface area contributed by atoms with Crippen molar-refractivity contribution in [3.05, 3.63) is 34.9 Å². The van der Waals surface area contributed by atoms with Gasteiger partial charge in [-0.3, -0.25) is 4.79 Å². The lowest BCUT2D eigenvalue weighted by Crippen LogP contribution is -2.25. The predicted octanol–water partition coefficient (Wildman–Crippen LogP) is 2.04.